The summed E-state index contributed by atoms with van der Waals surface area (Å²) in [5.41, 5.74) is 6.55. The number of nitrogens with two attached hydrogens (primary N) is 1. The molecule has 90 valence electrons. The van der Waals surface area contributed by atoms with E-state index in [1.807, 2.05) is 23.2 Å². The highest BCUT2D eigenvalue weighted by Crippen LogP contribution is 2.38. The number of hydrogen-bond donors (Lipinski definition) is 1. The van der Waals surface area contributed by atoms with Crippen molar-refractivity contribution in [3.63, 3.8) is 0 Å². The molecule has 0 amide bonds. The van der Waals surface area contributed by atoms with Crippen molar-refractivity contribution in [2.45, 2.75) is 24.5 Å². The van der Waals surface area contributed by atoms with Crippen LogP contribution in [0.2, 0.25) is 0 Å². The third kappa shape index (κ3) is 2.19. The summed E-state index contributed by atoms with van der Waals surface area (Å²) in [7, 11) is 0. The molecule has 4 nitrogen and oxygen atoms in total. The van der Waals surface area contributed by atoms with Gasteiger partial charge in [-0.25, -0.2) is 0 Å². The van der Waals surface area contributed by atoms with E-state index in [1.165, 1.54) is 29.9 Å². The Labute approximate surface area is 108 Å². The lowest BCUT2D eigenvalue weighted by molar-refractivity contribution is 0.421. The Morgan fingerprint density at radius 1 is 1.41 bits per heavy atom. The molecule has 3 rings (SSSR count). The molecule has 0 spiro atoms. The fraction of sp³-hybridized carbons (Fsp3) is 0.455. The number of thiophene rings is 1. The zero-order valence-corrected chi connectivity index (χ0v) is 10.9. The molecule has 2 N–H and O–H groups in total. The summed E-state index contributed by atoms with van der Waals surface area (Å²) in [4.78, 5) is 5.35. The predicted octanol–water partition coefficient (Wildman–Crippen LogP) is 3.34. The molecule has 2 aromatic heterocycles. The molecule has 1 fully saturated rings. The first-order chi connectivity index (χ1) is 8.34. The van der Waals surface area contributed by atoms with E-state index >= 15 is 0 Å². The highest BCUT2D eigenvalue weighted by Gasteiger charge is 2.22. The van der Waals surface area contributed by atoms with Crippen LogP contribution >= 0.6 is 23.1 Å². The zero-order chi connectivity index (χ0) is 11.7. The zero-order valence-electron chi connectivity index (χ0n) is 9.26. The van der Waals surface area contributed by atoms with Crippen LogP contribution in [0.15, 0.2) is 16.0 Å². The van der Waals surface area contributed by atoms with Crippen LogP contribution in [0, 0.1) is 0 Å². The number of anilines is 1. The summed E-state index contributed by atoms with van der Waals surface area (Å²) in [6, 6.07) is 1.86. The molecule has 6 heteroatoms. The minimum Gasteiger partial charge on any atom is -0.397 e. The Kier molecular flexibility index (Phi) is 3.07. The van der Waals surface area contributed by atoms with Crippen molar-refractivity contribution in [3.8, 4) is 10.8 Å². The van der Waals surface area contributed by atoms with Gasteiger partial charge in [0.1, 0.15) is 4.88 Å². The number of rotatable bonds is 2. The van der Waals surface area contributed by atoms with Crippen LogP contribution < -0.4 is 5.73 Å². The standard InChI is InChI=1S/C11H13N3OS2/c12-7-4-6-17-9(7)11-13-10(14-15-11)8-3-1-2-5-16-8/h4,6,8H,1-3,5,12H2. The van der Waals surface area contributed by atoms with Gasteiger partial charge >= 0.3 is 0 Å². The molecule has 0 aromatic carbocycles. The molecule has 0 radical (unpaired) electrons. The smallest absolute Gasteiger partial charge is 0.270 e. The van der Waals surface area contributed by atoms with E-state index in [-0.39, 0.29) is 0 Å². The van der Waals surface area contributed by atoms with Gasteiger partial charge in [-0.2, -0.15) is 16.7 Å². The molecule has 1 unspecified atom stereocenters. The lowest BCUT2D eigenvalue weighted by Crippen LogP contribution is -2.03. The first-order valence-corrected chi connectivity index (χ1v) is 7.56. The highest BCUT2D eigenvalue weighted by atomic mass is 32.2. The Morgan fingerprint density at radius 2 is 2.35 bits per heavy atom. The SMILES string of the molecule is Nc1ccsc1-c1nc(C2CCCCS2)no1. The normalized spacial score (nSPS) is 20.6. The van der Waals surface area contributed by atoms with Crippen molar-refractivity contribution >= 4 is 28.8 Å². The molecular formula is C11H13N3OS2. The summed E-state index contributed by atoms with van der Waals surface area (Å²) in [6.45, 7) is 0. The number of hydrogen-bond acceptors (Lipinski definition) is 6. The van der Waals surface area contributed by atoms with Gasteiger partial charge in [0.05, 0.1) is 10.9 Å². The first kappa shape index (κ1) is 11.1. The second kappa shape index (κ2) is 4.70. The fourth-order valence-corrected chi connectivity index (χ4v) is 3.87. The van der Waals surface area contributed by atoms with E-state index in [0.29, 0.717) is 16.8 Å². The highest BCUT2D eigenvalue weighted by molar-refractivity contribution is 7.99. The second-order valence-electron chi connectivity index (χ2n) is 4.02. The van der Waals surface area contributed by atoms with Gasteiger partial charge in [0.15, 0.2) is 5.82 Å². The summed E-state index contributed by atoms with van der Waals surface area (Å²) < 4.78 is 5.30. The largest absolute Gasteiger partial charge is 0.397 e. The molecule has 0 bridgehead atoms. The Hall–Kier alpha value is -1.01. The molecule has 1 aliphatic rings. The molecular weight excluding hydrogens is 254 g/mol. The van der Waals surface area contributed by atoms with Gasteiger partial charge in [-0.15, -0.1) is 11.3 Å². The average molecular weight is 267 g/mol. The molecule has 0 saturated carbocycles. The topological polar surface area (TPSA) is 64.9 Å². The van der Waals surface area contributed by atoms with E-state index in [1.54, 1.807) is 0 Å². The van der Waals surface area contributed by atoms with Gasteiger partial charge in [-0.05, 0) is 30.0 Å². The Morgan fingerprint density at radius 3 is 3.06 bits per heavy atom. The van der Waals surface area contributed by atoms with Crippen LogP contribution in [-0.2, 0) is 0 Å². The Balaban J connectivity index is 1.85. The van der Waals surface area contributed by atoms with E-state index in [0.717, 1.165) is 17.1 Å². The van der Waals surface area contributed by atoms with E-state index < -0.39 is 0 Å². The Bertz CT molecular complexity index is 502. The van der Waals surface area contributed by atoms with Crippen LogP contribution in [-0.4, -0.2) is 15.9 Å². The van der Waals surface area contributed by atoms with Gasteiger partial charge in [0.25, 0.3) is 5.89 Å². The lowest BCUT2D eigenvalue weighted by atomic mass is 10.2. The van der Waals surface area contributed by atoms with Crippen LogP contribution in [0.4, 0.5) is 5.69 Å². The molecule has 1 aliphatic heterocycles. The van der Waals surface area contributed by atoms with Crippen molar-refractivity contribution in [2.75, 3.05) is 11.5 Å². The summed E-state index contributed by atoms with van der Waals surface area (Å²) >= 11 is 3.45. The molecule has 0 aliphatic carbocycles. The second-order valence-corrected chi connectivity index (χ2v) is 6.24. The average Bonchev–Trinajstić information content (AvgIpc) is 2.98. The van der Waals surface area contributed by atoms with Crippen LogP contribution in [0.3, 0.4) is 0 Å². The third-order valence-electron chi connectivity index (χ3n) is 2.80. The third-order valence-corrected chi connectivity index (χ3v) is 5.09. The maximum atomic E-state index is 5.84. The molecule has 3 heterocycles. The van der Waals surface area contributed by atoms with Gasteiger partial charge in [-0.1, -0.05) is 11.6 Å². The van der Waals surface area contributed by atoms with E-state index in [4.69, 9.17) is 10.3 Å². The van der Waals surface area contributed by atoms with Crippen molar-refractivity contribution < 1.29 is 4.52 Å². The van der Waals surface area contributed by atoms with Crippen molar-refractivity contribution in [2.24, 2.45) is 0 Å². The van der Waals surface area contributed by atoms with Gasteiger partial charge < -0.3 is 10.3 Å². The van der Waals surface area contributed by atoms with Gasteiger partial charge in [-0.3, -0.25) is 0 Å². The molecule has 1 saturated heterocycles. The van der Waals surface area contributed by atoms with Crippen LogP contribution in [0.5, 0.6) is 0 Å². The lowest BCUT2D eigenvalue weighted by Gasteiger charge is -2.17. The van der Waals surface area contributed by atoms with Gasteiger partial charge in [0.2, 0.25) is 0 Å². The molecule has 1 atom stereocenters. The minimum atomic E-state index is 0.391. The van der Waals surface area contributed by atoms with Crippen molar-refractivity contribution in [1.82, 2.24) is 10.1 Å². The van der Waals surface area contributed by atoms with E-state index in [9.17, 15) is 0 Å². The van der Waals surface area contributed by atoms with Crippen LogP contribution in [0.25, 0.3) is 10.8 Å². The van der Waals surface area contributed by atoms with Crippen molar-refractivity contribution in [3.05, 3.63) is 17.3 Å². The summed E-state index contributed by atoms with van der Waals surface area (Å²) in [5.74, 6) is 2.56. The van der Waals surface area contributed by atoms with Gasteiger partial charge in [0, 0.05) is 0 Å². The number of thioether (sulfide) groups is 1. The number of nitrogen functional groups attached to an aromatic ring is 1. The number of nitrogens with zero attached hydrogens (tertiary/aromatic N) is 2. The van der Waals surface area contributed by atoms with E-state index in [2.05, 4.69) is 10.1 Å². The van der Waals surface area contributed by atoms with Crippen LogP contribution in [0.1, 0.15) is 30.3 Å². The fourth-order valence-electron chi connectivity index (χ4n) is 1.90. The minimum absolute atomic E-state index is 0.391. The van der Waals surface area contributed by atoms with Crippen molar-refractivity contribution in [1.29, 1.82) is 0 Å². The predicted molar refractivity (Wildman–Crippen MR) is 71.1 cm³/mol. The molecule has 17 heavy (non-hydrogen) atoms. The molecule has 2 aromatic rings. The maximum Gasteiger partial charge on any atom is 0.270 e. The summed E-state index contributed by atoms with van der Waals surface area (Å²) in [6.07, 6.45) is 3.69. The number of aromatic nitrogens is 2. The summed E-state index contributed by atoms with van der Waals surface area (Å²) in [5, 5.41) is 6.41. The quantitative estimate of drug-likeness (QED) is 0.904. The maximum absolute atomic E-state index is 5.84. The first-order valence-electron chi connectivity index (χ1n) is 5.63. The monoisotopic (exact) mass is 267 g/mol.